The molecule has 3 heterocycles. The first-order chi connectivity index (χ1) is 15.1. The molecule has 1 aliphatic heterocycles. The summed E-state index contributed by atoms with van der Waals surface area (Å²) in [5.41, 5.74) is 2.01. The minimum Gasteiger partial charge on any atom is -0.494 e. The van der Waals surface area contributed by atoms with E-state index >= 15 is 0 Å². The highest BCUT2D eigenvalue weighted by Gasteiger charge is 2.56. The van der Waals surface area contributed by atoms with Gasteiger partial charge >= 0.3 is 0 Å². The molecule has 4 unspecified atom stereocenters. The van der Waals surface area contributed by atoms with Crippen molar-refractivity contribution in [3.63, 3.8) is 0 Å². The first-order valence-electron chi connectivity index (χ1n) is 11.4. The number of rotatable bonds is 6. The summed E-state index contributed by atoms with van der Waals surface area (Å²) in [6, 6.07) is 0. The minimum absolute atomic E-state index is 0.299. The van der Waals surface area contributed by atoms with Crippen LogP contribution in [0, 0.1) is 11.8 Å². The van der Waals surface area contributed by atoms with Gasteiger partial charge < -0.3 is 15.1 Å². The molecule has 31 heavy (non-hydrogen) atoms. The third-order valence-electron chi connectivity index (χ3n) is 7.68. The molecule has 2 bridgehead atoms. The number of nitrogens with zero attached hydrogens (tertiary/aromatic N) is 5. The van der Waals surface area contributed by atoms with E-state index in [-0.39, 0.29) is 0 Å². The van der Waals surface area contributed by atoms with Crippen molar-refractivity contribution in [1.82, 2.24) is 19.4 Å². The van der Waals surface area contributed by atoms with Gasteiger partial charge in [-0.15, -0.1) is 0 Å². The Balaban J connectivity index is 1.02. The van der Waals surface area contributed by atoms with Crippen molar-refractivity contribution in [2.24, 2.45) is 11.8 Å². The average Bonchev–Trinajstić information content (AvgIpc) is 3.57. The molecule has 7 nitrogen and oxygen atoms in total. The number of aromatic hydroxyl groups is 2. The van der Waals surface area contributed by atoms with Gasteiger partial charge in [-0.2, -0.15) is 0 Å². The lowest BCUT2D eigenvalue weighted by molar-refractivity contribution is 0.249. The van der Waals surface area contributed by atoms with Gasteiger partial charge in [-0.05, 0) is 37.6 Å². The second-order valence-corrected chi connectivity index (χ2v) is 9.75. The molecule has 164 valence electrons. The number of hydrogen-bond acceptors (Lipinski definition) is 6. The van der Waals surface area contributed by atoms with Crippen LogP contribution in [0.1, 0.15) is 42.2 Å². The molecule has 2 fully saturated rings. The molecule has 0 aromatic carbocycles. The number of hydrogen-bond donors (Lipinski definition) is 2. The summed E-state index contributed by atoms with van der Waals surface area (Å²) in [6.45, 7) is 5.49. The SMILES string of the molecule is Oc1c2c(c(O)n1CCCCN1CCN(c3cncc(Cl)n3)CC1)C1C=CC2C2CC12. The van der Waals surface area contributed by atoms with Crippen molar-refractivity contribution in [2.75, 3.05) is 37.6 Å². The zero-order chi connectivity index (χ0) is 21.1. The predicted octanol–water partition coefficient (Wildman–Crippen LogP) is 3.33. The van der Waals surface area contributed by atoms with E-state index in [0.29, 0.717) is 47.1 Å². The molecule has 2 aromatic heterocycles. The minimum atomic E-state index is 0.299. The highest BCUT2D eigenvalue weighted by molar-refractivity contribution is 6.29. The van der Waals surface area contributed by atoms with E-state index in [9.17, 15) is 10.2 Å². The molecule has 0 radical (unpaired) electrons. The van der Waals surface area contributed by atoms with Gasteiger partial charge in [0.25, 0.3) is 0 Å². The molecule has 1 saturated heterocycles. The van der Waals surface area contributed by atoms with Crippen LogP contribution >= 0.6 is 11.6 Å². The van der Waals surface area contributed by atoms with E-state index in [1.807, 2.05) is 0 Å². The molecule has 7 rings (SSSR count). The summed E-state index contributed by atoms with van der Waals surface area (Å²) in [6.07, 6.45) is 11.0. The van der Waals surface area contributed by atoms with Crippen molar-refractivity contribution in [3.05, 3.63) is 40.8 Å². The highest BCUT2D eigenvalue weighted by atomic mass is 35.5. The summed E-state index contributed by atoms with van der Waals surface area (Å²) in [5, 5.41) is 22.1. The van der Waals surface area contributed by atoms with Gasteiger partial charge in [-0.3, -0.25) is 14.5 Å². The number of allylic oxidation sites excluding steroid dienone is 2. The van der Waals surface area contributed by atoms with Gasteiger partial charge in [0, 0.05) is 55.7 Å². The second kappa shape index (κ2) is 7.41. The van der Waals surface area contributed by atoms with E-state index in [0.717, 1.165) is 62.5 Å². The van der Waals surface area contributed by atoms with Gasteiger partial charge in [0.05, 0.1) is 12.4 Å². The number of anilines is 1. The van der Waals surface area contributed by atoms with Gasteiger partial charge in [0.15, 0.2) is 11.8 Å². The van der Waals surface area contributed by atoms with Crippen molar-refractivity contribution < 1.29 is 10.2 Å². The number of piperazine rings is 1. The smallest absolute Gasteiger partial charge is 0.198 e. The van der Waals surface area contributed by atoms with Crippen LogP contribution < -0.4 is 4.90 Å². The molecule has 2 aromatic rings. The quantitative estimate of drug-likeness (QED) is 0.529. The van der Waals surface area contributed by atoms with Crippen LogP contribution in [0.3, 0.4) is 0 Å². The van der Waals surface area contributed by atoms with Crippen molar-refractivity contribution in [2.45, 2.75) is 37.6 Å². The lowest BCUT2D eigenvalue weighted by atomic mass is 9.73. The summed E-state index contributed by atoms with van der Waals surface area (Å²) >= 11 is 5.96. The zero-order valence-corrected chi connectivity index (χ0v) is 18.2. The van der Waals surface area contributed by atoms with Crippen LogP contribution in [0.15, 0.2) is 24.5 Å². The van der Waals surface area contributed by atoms with Crippen molar-refractivity contribution in [3.8, 4) is 11.8 Å². The van der Waals surface area contributed by atoms with Gasteiger partial charge in [-0.1, -0.05) is 23.8 Å². The first-order valence-corrected chi connectivity index (χ1v) is 11.8. The molecule has 2 N–H and O–H groups in total. The van der Waals surface area contributed by atoms with Crippen molar-refractivity contribution in [1.29, 1.82) is 0 Å². The van der Waals surface area contributed by atoms with Gasteiger partial charge in [-0.25, -0.2) is 4.98 Å². The Morgan fingerprint density at radius 1 is 0.903 bits per heavy atom. The Hall–Kier alpha value is -2.25. The summed E-state index contributed by atoms with van der Waals surface area (Å²) < 4.78 is 1.75. The Morgan fingerprint density at radius 3 is 2.19 bits per heavy atom. The second-order valence-electron chi connectivity index (χ2n) is 9.36. The fourth-order valence-corrected chi connectivity index (χ4v) is 6.14. The normalized spacial score (nSPS) is 28.6. The molecule has 1 saturated carbocycles. The van der Waals surface area contributed by atoms with E-state index in [2.05, 4.69) is 31.9 Å². The van der Waals surface area contributed by atoms with Crippen LogP contribution in [0.4, 0.5) is 5.82 Å². The molecule has 4 aliphatic carbocycles. The zero-order valence-electron chi connectivity index (χ0n) is 17.5. The predicted molar refractivity (Wildman–Crippen MR) is 119 cm³/mol. The molecule has 0 amide bonds. The first kappa shape index (κ1) is 19.4. The fourth-order valence-electron chi connectivity index (χ4n) is 6.00. The number of halogens is 1. The van der Waals surface area contributed by atoms with E-state index in [1.54, 1.807) is 17.0 Å². The molecule has 4 atom stereocenters. The maximum absolute atomic E-state index is 10.9. The summed E-state index contributed by atoms with van der Waals surface area (Å²) in [5.74, 6) is 3.41. The Labute approximate surface area is 187 Å². The van der Waals surface area contributed by atoms with E-state index < -0.39 is 0 Å². The van der Waals surface area contributed by atoms with Crippen LogP contribution in [-0.4, -0.2) is 62.4 Å². The Morgan fingerprint density at radius 2 is 1.55 bits per heavy atom. The number of aromatic nitrogens is 3. The molecule has 0 spiro atoms. The largest absolute Gasteiger partial charge is 0.494 e. The lowest BCUT2D eigenvalue weighted by Crippen LogP contribution is -2.47. The average molecular weight is 442 g/mol. The maximum Gasteiger partial charge on any atom is 0.198 e. The lowest BCUT2D eigenvalue weighted by Gasteiger charge is -2.35. The van der Waals surface area contributed by atoms with Gasteiger partial charge in [0.1, 0.15) is 11.0 Å². The fraction of sp³-hybridized carbons (Fsp3) is 0.565. The van der Waals surface area contributed by atoms with Crippen molar-refractivity contribution >= 4 is 17.4 Å². The van der Waals surface area contributed by atoms with Crippen LogP contribution in [0.2, 0.25) is 5.15 Å². The third kappa shape index (κ3) is 3.21. The molecular formula is C23H28ClN5O2. The summed E-state index contributed by atoms with van der Waals surface area (Å²) in [4.78, 5) is 13.2. The number of unbranched alkanes of at least 4 members (excludes halogenated alkanes) is 1. The topological polar surface area (TPSA) is 77.7 Å². The highest BCUT2D eigenvalue weighted by Crippen LogP contribution is 2.67. The van der Waals surface area contributed by atoms with Crippen LogP contribution in [0.25, 0.3) is 0 Å². The van der Waals surface area contributed by atoms with Gasteiger partial charge in [0.2, 0.25) is 0 Å². The van der Waals surface area contributed by atoms with Crippen LogP contribution in [0.5, 0.6) is 11.8 Å². The summed E-state index contributed by atoms with van der Waals surface area (Å²) in [7, 11) is 0. The maximum atomic E-state index is 10.9. The van der Waals surface area contributed by atoms with E-state index in [1.165, 1.54) is 6.42 Å². The third-order valence-corrected chi connectivity index (χ3v) is 7.87. The van der Waals surface area contributed by atoms with Crippen LogP contribution in [-0.2, 0) is 6.54 Å². The monoisotopic (exact) mass is 441 g/mol. The molecule has 5 aliphatic rings. The molecular weight excluding hydrogens is 414 g/mol. The molecule has 8 heteroatoms. The standard InChI is InChI=1S/C23H28ClN5O2/c24-18-12-25-13-19(26-18)28-9-7-27(8-10-28)5-1-2-6-29-22(30)20-14-3-4-15(17-11-16(14)17)21(20)23(29)31/h3-4,12-17,30-31H,1-2,5-11H2. The Kier molecular flexibility index (Phi) is 4.65. The van der Waals surface area contributed by atoms with E-state index in [4.69, 9.17) is 11.6 Å². The Bertz CT molecular complexity index is 988.